The number of nitrogens with zero attached hydrogens (tertiary/aromatic N) is 2. The number of rotatable bonds is 5. The molecule has 1 aliphatic heterocycles. The molecule has 0 radical (unpaired) electrons. The molecule has 0 spiro atoms. The predicted octanol–water partition coefficient (Wildman–Crippen LogP) is 3.43. The number of Topliss-reactive ketones (excluding diaryl/α,β-unsaturated/α-hetero) is 1. The molecule has 28 heavy (non-hydrogen) atoms. The molecule has 0 saturated carbocycles. The first-order valence-electron chi connectivity index (χ1n) is 9.47. The van der Waals surface area contributed by atoms with Crippen molar-refractivity contribution in [3.05, 3.63) is 53.9 Å². The Labute approximate surface area is 171 Å². The summed E-state index contributed by atoms with van der Waals surface area (Å²) in [4.78, 5) is 17.7. The zero-order valence-electron chi connectivity index (χ0n) is 16.8. The van der Waals surface area contributed by atoms with Gasteiger partial charge < -0.3 is 27.1 Å². The first-order valence-corrected chi connectivity index (χ1v) is 9.88. The minimum atomic E-state index is -0.675. The van der Waals surface area contributed by atoms with E-state index < -0.39 is 6.04 Å². The number of fused-ring (bicyclic) bond motifs is 1. The number of carbonyl (C=O) groups is 1. The molecule has 1 atom stereocenters. The Kier molecular flexibility index (Phi) is 5.98. The smallest absolute Gasteiger partial charge is 0.237 e. The average Bonchev–Trinajstić information content (AvgIpc) is 2.67. The summed E-state index contributed by atoms with van der Waals surface area (Å²) >= 11 is 5.50. The lowest BCUT2D eigenvalue weighted by Crippen LogP contribution is -2.48. The number of carbonyl (C=O) groups excluding carboxylic acids is 1. The van der Waals surface area contributed by atoms with Gasteiger partial charge in [-0.05, 0) is 41.1 Å². The second-order valence-corrected chi connectivity index (χ2v) is 8.14. The number of ether oxygens (including phenoxy) is 2. The van der Waals surface area contributed by atoms with E-state index in [0.29, 0.717) is 41.9 Å². The van der Waals surface area contributed by atoms with Crippen LogP contribution in [0.4, 0.5) is 0 Å². The highest BCUT2D eigenvalue weighted by Crippen LogP contribution is 2.31. The molecule has 1 unspecified atom stereocenters. The fourth-order valence-corrected chi connectivity index (χ4v) is 3.44. The lowest BCUT2D eigenvalue weighted by atomic mass is 9.88. The SMILES string of the molecule is CCN=C([S-])C(C(=O)c1ccc2c(c1)OCCO2)[n+]1ccc(C(C)(C)C)cc1. The van der Waals surface area contributed by atoms with Gasteiger partial charge in [-0.1, -0.05) is 20.8 Å². The van der Waals surface area contributed by atoms with Gasteiger partial charge in [0.1, 0.15) is 13.2 Å². The van der Waals surface area contributed by atoms with Gasteiger partial charge in [0.15, 0.2) is 23.9 Å². The quantitative estimate of drug-likeness (QED) is 0.255. The van der Waals surface area contributed by atoms with Crippen LogP contribution >= 0.6 is 0 Å². The predicted molar refractivity (Wildman–Crippen MR) is 111 cm³/mol. The second-order valence-electron chi connectivity index (χ2n) is 7.72. The lowest BCUT2D eigenvalue weighted by molar-refractivity contribution is -0.692. The molecule has 0 N–H and O–H groups in total. The zero-order chi connectivity index (χ0) is 20.3. The van der Waals surface area contributed by atoms with Gasteiger partial charge in [0.05, 0.1) is 0 Å². The van der Waals surface area contributed by atoms with Gasteiger partial charge in [-0.3, -0.25) is 4.79 Å². The number of pyridine rings is 1. The van der Waals surface area contributed by atoms with E-state index in [1.807, 2.05) is 36.0 Å². The topological polar surface area (TPSA) is 51.8 Å². The van der Waals surface area contributed by atoms with E-state index in [0.717, 1.165) is 0 Å². The van der Waals surface area contributed by atoms with Gasteiger partial charge in [0, 0.05) is 24.2 Å². The average molecular weight is 399 g/mol. The summed E-state index contributed by atoms with van der Waals surface area (Å²) in [5, 5.41) is 0.371. The highest BCUT2D eigenvalue weighted by Gasteiger charge is 2.30. The third kappa shape index (κ3) is 4.33. The van der Waals surface area contributed by atoms with Crippen molar-refractivity contribution in [2.45, 2.75) is 39.2 Å². The van der Waals surface area contributed by atoms with E-state index in [2.05, 4.69) is 25.8 Å². The largest absolute Gasteiger partial charge is 0.758 e. The molecule has 1 aromatic heterocycles. The van der Waals surface area contributed by atoms with Crippen molar-refractivity contribution < 1.29 is 18.8 Å². The minimum Gasteiger partial charge on any atom is -0.758 e. The van der Waals surface area contributed by atoms with Gasteiger partial charge in [-0.2, -0.15) is 4.57 Å². The van der Waals surface area contributed by atoms with Gasteiger partial charge >= 0.3 is 0 Å². The molecule has 1 aliphatic rings. The first-order chi connectivity index (χ1) is 13.3. The zero-order valence-corrected chi connectivity index (χ0v) is 17.6. The highest BCUT2D eigenvalue weighted by molar-refractivity contribution is 7.77. The molecule has 0 fully saturated rings. The van der Waals surface area contributed by atoms with Crippen LogP contribution in [0.25, 0.3) is 0 Å². The number of aromatic nitrogens is 1. The van der Waals surface area contributed by atoms with Gasteiger partial charge in [0.2, 0.25) is 11.8 Å². The Morgan fingerprint density at radius 3 is 2.39 bits per heavy atom. The molecule has 2 heterocycles. The fraction of sp³-hybridized carbons (Fsp3) is 0.409. The standard InChI is InChI=1S/C22H26N2O3S/c1-5-23-21(28)19(24-10-8-16(9-11-24)22(2,3)4)20(25)15-6-7-17-18(14-15)27-13-12-26-17/h6-11,14,19H,5,12-13H2,1-4H3. The molecule has 148 valence electrons. The fourth-order valence-electron chi connectivity index (χ4n) is 3.08. The maximum atomic E-state index is 13.4. The molecular formula is C22H26N2O3S. The molecule has 2 aromatic rings. The third-order valence-electron chi connectivity index (χ3n) is 4.64. The maximum Gasteiger partial charge on any atom is 0.237 e. The maximum absolute atomic E-state index is 13.4. The van der Waals surface area contributed by atoms with Crippen LogP contribution < -0.4 is 14.0 Å². The number of aliphatic imine (C=N–C) groups is 1. The Balaban J connectivity index is 1.98. The summed E-state index contributed by atoms with van der Waals surface area (Å²) in [6.07, 6.45) is 3.80. The van der Waals surface area contributed by atoms with Gasteiger partial charge in [-0.25, -0.2) is 0 Å². The molecule has 5 nitrogen and oxygen atoms in total. The number of hydrogen-bond acceptors (Lipinski definition) is 5. The van der Waals surface area contributed by atoms with Crippen molar-refractivity contribution in [3.8, 4) is 11.5 Å². The molecule has 0 aliphatic carbocycles. The summed E-state index contributed by atoms with van der Waals surface area (Å²) in [6, 6.07) is 8.62. The number of hydrogen-bond donors (Lipinski definition) is 0. The Bertz CT molecular complexity index is 886. The Morgan fingerprint density at radius 2 is 1.79 bits per heavy atom. The van der Waals surface area contributed by atoms with Gasteiger partial charge in [0.25, 0.3) is 0 Å². The number of ketones is 1. The van der Waals surface area contributed by atoms with Crippen molar-refractivity contribution in [1.29, 1.82) is 0 Å². The van der Waals surface area contributed by atoms with Crippen LogP contribution in [0.2, 0.25) is 0 Å². The van der Waals surface area contributed by atoms with E-state index in [-0.39, 0.29) is 11.2 Å². The summed E-state index contributed by atoms with van der Waals surface area (Å²) in [5.41, 5.74) is 1.74. The minimum absolute atomic E-state index is 0.0305. The summed E-state index contributed by atoms with van der Waals surface area (Å²) in [6.45, 7) is 9.89. The molecule has 0 amide bonds. The van der Waals surface area contributed by atoms with Crippen molar-refractivity contribution in [2.24, 2.45) is 4.99 Å². The molecule has 6 heteroatoms. The Hall–Kier alpha value is -2.47. The van der Waals surface area contributed by atoms with Gasteiger partial charge in [-0.15, -0.1) is 0 Å². The van der Waals surface area contributed by atoms with Crippen LogP contribution in [0.3, 0.4) is 0 Å². The third-order valence-corrected chi connectivity index (χ3v) is 4.99. The van der Waals surface area contributed by atoms with Crippen LogP contribution in [0.15, 0.2) is 47.7 Å². The monoisotopic (exact) mass is 398 g/mol. The highest BCUT2D eigenvalue weighted by atomic mass is 32.1. The number of benzene rings is 1. The molecule has 0 bridgehead atoms. The summed E-state index contributed by atoms with van der Waals surface area (Å²) in [5.74, 6) is 1.12. The van der Waals surface area contributed by atoms with E-state index in [1.165, 1.54) is 5.56 Å². The first kappa shape index (κ1) is 20.3. The van der Waals surface area contributed by atoms with Crippen LogP contribution in [0, 0.1) is 0 Å². The van der Waals surface area contributed by atoms with E-state index in [9.17, 15) is 4.79 Å². The van der Waals surface area contributed by atoms with Crippen LogP contribution in [0.5, 0.6) is 11.5 Å². The van der Waals surface area contributed by atoms with Crippen LogP contribution in [-0.2, 0) is 18.0 Å². The van der Waals surface area contributed by atoms with E-state index in [1.54, 1.807) is 18.2 Å². The summed E-state index contributed by atoms with van der Waals surface area (Å²) < 4.78 is 13.0. The van der Waals surface area contributed by atoms with Crippen LogP contribution in [0.1, 0.15) is 49.7 Å². The Morgan fingerprint density at radius 1 is 1.14 bits per heavy atom. The molecule has 1 aromatic carbocycles. The summed E-state index contributed by atoms with van der Waals surface area (Å²) in [7, 11) is 0. The van der Waals surface area contributed by atoms with Crippen LogP contribution in [-0.4, -0.2) is 30.6 Å². The molecule has 0 saturated heterocycles. The normalized spacial score (nSPS) is 15.2. The molecular weight excluding hydrogens is 372 g/mol. The van der Waals surface area contributed by atoms with E-state index >= 15 is 0 Å². The van der Waals surface area contributed by atoms with Crippen molar-refractivity contribution >= 4 is 23.5 Å². The lowest BCUT2D eigenvalue weighted by Gasteiger charge is -2.22. The van der Waals surface area contributed by atoms with Crippen molar-refractivity contribution in [3.63, 3.8) is 0 Å². The molecule has 3 rings (SSSR count). The van der Waals surface area contributed by atoms with E-state index in [4.69, 9.17) is 22.1 Å². The van der Waals surface area contributed by atoms with Crippen molar-refractivity contribution in [1.82, 2.24) is 0 Å². The van der Waals surface area contributed by atoms with Crippen molar-refractivity contribution in [2.75, 3.05) is 19.8 Å². The second kappa shape index (κ2) is 8.27.